The molecule has 6 heteroatoms. The molecule has 0 fully saturated rings. The third-order valence-electron chi connectivity index (χ3n) is 3.35. The van der Waals surface area contributed by atoms with Crippen LogP contribution in [0.3, 0.4) is 0 Å². The first kappa shape index (κ1) is 14.1. The first-order valence-corrected chi connectivity index (χ1v) is 7.67. The lowest BCUT2D eigenvalue weighted by atomic mass is 10.1. The Morgan fingerprint density at radius 3 is 2.81 bits per heavy atom. The number of nitrogens with zero attached hydrogens (tertiary/aromatic N) is 2. The molecule has 0 radical (unpaired) electrons. The zero-order valence-corrected chi connectivity index (χ0v) is 13.3. The molecule has 21 heavy (non-hydrogen) atoms. The molecule has 0 unspecified atom stereocenters. The van der Waals surface area contributed by atoms with Crippen LogP contribution in [0.1, 0.15) is 21.8 Å². The number of nitrogens with two attached hydrogens (primary N) is 1. The zero-order chi connectivity index (χ0) is 15.0. The van der Waals surface area contributed by atoms with Crippen LogP contribution in [0.5, 0.6) is 0 Å². The van der Waals surface area contributed by atoms with Crippen molar-refractivity contribution in [3.63, 3.8) is 0 Å². The van der Waals surface area contributed by atoms with E-state index >= 15 is 0 Å². The van der Waals surface area contributed by atoms with E-state index in [9.17, 15) is 0 Å². The summed E-state index contributed by atoms with van der Waals surface area (Å²) in [4.78, 5) is 5.61. The lowest BCUT2D eigenvalue weighted by molar-refractivity contribution is 0.424. The van der Waals surface area contributed by atoms with Gasteiger partial charge in [0, 0.05) is 16.3 Å². The van der Waals surface area contributed by atoms with E-state index in [1.807, 2.05) is 38.1 Å². The van der Waals surface area contributed by atoms with Gasteiger partial charge in [-0.15, -0.1) is 11.3 Å². The number of hydrogen-bond donors (Lipinski definition) is 1. The van der Waals surface area contributed by atoms with Crippen molar-refractivity contribution in [1.29, 1.82) is 0 Å². The van der Waals surface area contributed by atoms with Gasteiger partial charge in [0.1, 0.15) is 0 Å². The lowest BCUT2D eigenvalue weighted by Crippen LogP contribution is -1.91. The molecule has 4 nitrogen and oxygen atoms in total. The molecule has 0 aliphatic carbocycles. The third-order valence-corrected chi connectivity index (χ3v) is 4.62. The molecule has 0 aliphatic rings. The number of nitrogen functional groups attached to an aromatic ring is 1. The molecule has 0 saturated carbocycles. The van der Waals surface area contributed by atoms with Gasteiger partial charge in [-0.1, -0.05) is 28.9 Å². The quantitative estimate of drug-likeness (QED) is 0.784. The van der Waals surface area contributed by atoms with E-state index in [0.29, 0.717) is 28.2 Å². The maximum absolute atomic E-state index is 6.03. The number of benzene rings is 1. The number of aromatic nitrogens is 2. The van der Waals surface area contributed by atoms with E-state index in [0.717, 1.165) is 21.6 Å². The summed E-state index contributed by atoms with van der Waals surface area (Å²) in [6.07, 6.45) is 0.576. The highest BCUT2D eigenvalue weighted by Crippen LogP contribution is 2.37. The van der Waals surface area contributed by atoms with Gasteiger partial charge < -0.3 is 10.3 Å². The Morgan fingerprint density at radius 2 is 2.14 bits per heavy atom. The van der Waals surface area contributed by atoms with Crippen molar-refractivity contribution in [2.45, 2.75) is 20.3 Å². The first-order valence-electron chi connectivity index (χ1n) is 6.47. The zero-order valence-electron chi connectivity index (χ0n) is 11.7. The van der Waals surface area contributed by atoms with Gasteiger partial charge in [-0.25, -0.2) is 0 Å². The standard InChI is InChI=1S/C15H14ClN3OS/c1-8-9(2)21-14(17)13(8)15-18-12(19-20-15)7-10-4-3-5-11(16)6-10/h3-6H,7,17H2,1-2H3. The SMILES string of the molecule is Cc1sc(N)c(-c2nc(Cc3cccc(Cl)c3)no2)c1C. The van der Waals surface area contributed by atoms with E-state index in [4.69, 9.17) is 21.9 Å². The number of halogens is 1. The fourth-order valence-electron chi connectivity index (χ4n) is 2.18. The molecule has 0 aliphatic heterocycles. The van der Waals surface area contributed by atoms with E-state index in [1.54, 1.807) is 0 Å². The van der Waals surface area contributed by atoms with Crippen molar-refractivity contribution in [1.82, 2.24) is 10.1 Å². The predicted octanol–water partition coefficient (Wildman–Crippen LogP) is 4.24. The highest BCUT2D eigenvalue weighted by atomic mass is 35.5. The monoisotopic (exact) mass is 319 g/mol. The Hall–Kier alpha value is -1.85. The van der Waals surface area contributed by atoms with Gasteiger partial charge in [0.25, 0.3) is 5.89 Å². The number of thiophene rings is 1. The van der Waals surface area contributed by atoms with E-state index in [1.165, 1.54) is 11.3 Å². The average molecular weight is 320 g/mol. The van der Waals surface area contributed by atoms with Crippen molar-refractivity contribution in [2.24, 2.45) is 0 Å². The van der Waals surface area contributed by atoms with Gasteiger partial charge in [0.2, 0.25) is 0 Å². The van der Waals surface area contributed by atoms with Crippen molar-refractivity contribution < 1.29 is 4.52 Å². The summed E-state index contributed by atoms with van der Waals surface area (Å²) in [5, 5.41) is 5.44. The molecule has 2 heterocycles. The van der Waals surface area contributed by atoms with Crippen LogP contribution in [0.4, 0.5) is 5.00 Å². The van der Waals surface area contributed by atoms with Crippen LogP contribution in [-0.4, -0.2) is 10.1 Å². The summed E-state index contributed by atoms with van der Waals surface area (Å²) in [7, 11) is 0. The van der Waals surface area contributed by atoms with Crippen molar-refractivity contribution >= 4 is 27.9 Å². The Morgan fingerprint density at radius 1 is 1.33 bits per heavy atom. The minimum Gasteiger partial charge on any atom is -0.390 e. The molecule has 0 saturated heterocycles. The minimum atomic E-state index is 0.478. The second-order valence-electron chi connectivity index (χ2n) is 4.84. The molecule has 3 rings (SSSR count). The van der Waals surface area contributed by atoms with Crippen molar-refractivity contribution in [2.75, 3.05) is 5.73 Å². The van der Waals surface area contributed by atoms with Gasteiger partial charge in [0.05, 0.1) is 10.6 Å². The topological polar surface area (TPSA) is 64.9 Å². The largest absolute Gasteiger partial charge is 0.390 e. The van der Waals surface area contributed by atoms with Crippen LogP contribution in [0.15, 0.2) is 28.8 Å². The van der Waals surface area contributed by atoms with E-state index in [-0.39, 0.29) is 0 Å². The smallest absolute Gasteiger partial charge is 0.261 e. The summed E-state index contributed by atoms with van der Waals surface area (Å²) in [5.41, 5.74) is 9.01. The molecule has 0 amide bonds. The van der Waals surface area contributed by atoms with E-state index in [2.05, 4.69) is 10.1 Å². The molecule has 1 aromatic carbocycles. The van der Waals surface area contributed by atoms with Crippen LogP contribution in [-0.2, 0) is 6.42 Å². The maximum atomic E-state index is 6.03. The Bertz CT molecular complexity index is 794. The van der Waals surface area contributed by atoms with Gasteiger partial charge in [0.15, 0.2) is 5.82 Å². The minimum absolute atomic E-state index is 0.478. The average Bonchev–Trinajstić information content (AvgIpc) is 2.95. The first-order chi connectivity index (χ1) is 10.0. The van der Waals surface area contributed by atoms with Crippen LogP contribution in [0.2, 0.25) is 5.02 Å². The molecule has 0 bridgehead atoms. The molecular formula is C15H14ClN3OS. The maximum Gasteiger partial charge on any atom is 0.261 e. The van der Waals surface area contributed by atoms with Crippen molar-refractivity contribution in [3.8, 4) is 11.5 Å². The third kappa shape index (κ3) is 2.80. The molecule has 3 aromatic rings. The number of anilines is 1. The number of rotatable bonds is 3. The van der Waals surface area contributed by atoms with Crippen molar-refractivity contribution in [3.05, 3.63) is 51.1 Å². The summed E-state index contributed by atoms with van der Waals surface area (Å²) in [6, 6.07) is 7.62. The highest BCUT2D eigenvalue weighted by Gasteiger charge is 2.18. The fraction of sp³-hybridized carbons (Fsp3) is 0.200. The summed E-state index contributed by atoms with van der Waals surface area (Å²) < 4.78 is 5.36. The molecule has 0 spiro atoms. The molecule has 2 N–H and O–H groups in total. The fourth-order valence-corrected chi connectivity index (χ4v) is 3.32. The van der Waals surface area contributed by atoms with Crippen LogP contribution >= 0.6 is 22.9 Å². The second-order valence-corrected chi connectivity index (χ2v) is 6.54. The van der Waals surface area contributed by atoms with E-state index < -0.39 is 0 Å². The normalized spacial score (nSPS) is 11.0. The summed E-state index contributed by atoms with van der Waals surface area (Å²) in [5.74, 6) is 1.10. The highest BCUT2D eigenvalue weighted by molar-refractivity contribution is 7.16. The predicted molar refractivity (Wildman–Crippen MR) is 85.8 cm³/mol. The van der Waals surface area contributed by atoms with Gasteiger partial charge in [-0.05, 0) is 37.1 Å². The summed E-state index contributed by atoms with van der Waals surface area (Å²) in [6.45, 7) is 4.04. The lowest BCUT2D eigenvalue weighted by Gasteiger charge is -1.97. The molecule has 108 valence electrons. The van der Waals surface area contributed by atoms with Gasteiger partial charge >= 0.3 is 0 Å². The van der Waals surface area contributed by atoms with Crippen LogP contribution < -0.4 is 5.73 Å². The molecule has 2 aromatic heterocycles. The Kier molecular flexibility index (Phi) is 3.69. The van der Waals surface area contributed by atoms with Crippen LogP contribution in [0, 0.1) is 13.8 Å². The number of aryl methyl sites for hydroxylation is 1. The Labute approximate surface area is 131 Å². The summed E-state index contributed by atoms with van der Waals surface area (Å²) >= 11 is 7.52. The number of hydrogen-bond acceptors (Lipinski definition) is 5. The van der Waals surface area contributed by atoms with Gasteiger partial charge in [-0.2, -0.15) is 4.98 Å². The Balaban J connectivity index is 1.90. The molecule has 0 atom stereocenters. The van der Waals surface area contributed by atoms with Crippen LogP contribution in [0.25, 0.3) is 11.5 Å². The second kappa shape index (κ2) is 5.50. The molecular weight excluding hydrogens is 306 g/mol. The van der Waals surface area contributed by atoms with Gasteiger partial charge in [-0.3, -0.25) is 0 Å².